The molecule has 0 saturated carbocycles. The number of hydrogen-bond donors (Lipinski definition) is 3. The number of nitrogens with one attached hydrogen (secondary N) is 2. The van der Waals surface area contributed by atoms with Gasteiger partial charge in [0.25, 0.3) is 5.91 Å². The first-order chi connectivity index (χ1) is 15.6. The van der Waals surface area contributed by atoms with Crippen LogP contribution >= 0.6 is 0 Å². The number of carbonyl (C=O) groups is 1. The average molecular weight is 465 g/mol. The molecule has 8 nitrogen and oxygen atoms in total. The molecule has 4 rings (SSSR count). The van der Waals surface area contributed by atoms with Crippen LogP contribution < -0.4 is 20.1 Å². The molecule has 33 heavy (non-hydrogen) atoms. The van der Waals surface area contributed by atoms with Crippen LogP contribution in [0.2, 0.25) is 0 Å². The van der Waals surface area contributed by atoms with Crippen molar-refractivity contribution >= 4 is 39.2 Å². The highest BCUT2D eigenvalue weighted by atomic mass is 32.2. The van der Waals surface area contributed by atoms with Crippen LogP contribution in [0.5, 0.6) is 5.75 Å². The van der Waals surface area contributed by atoms with Gasteiger partial charge in [-0.1, -0.05) is 12.6 Å². The maximum Gasteiger partial charge on any atom is 0.272 e. The van der Waals surface area contributed by atoms with Gasteiger partial charge in [0.05, 0.1) is 11.0 Å². The van der Waals surface area contributed by atoms with E-state index in [-0.39, 0.29) is 11.0 Å². The number of nitrogens with two attached hydrogens (primary N) is 1. The summed E-state index contributed by atoms with van der Waals surface area (Å²) < 4.78 is 28.9. The molecule has 0 radical (unpaired) electrons. The van der Waals surface area contributed by atoms with Gasteiger partial charge in [0.1, 0.15) is 17.3 Å². The second-order valence-electron chi connectivity index (χ2n) is 7.83. The van der Waals surface area contributed by atoms with E-state index in [1.165, 1.54) is 18.2 Å². The molecule has 4 N–H and O–H groups in total. The van der Waals surface area contributed by atoms with Gasteiger partial charge >= 0.3 is 0 Å². The molecule has 170 valence electrons. The molecule has 0 bridgehead atoms. The Morgan fingerprint density at radius 1 is 1.12 bits per heavy atom. The fourth-order valence-corrected chi connectivity index (χ4v) is 4.05. The quantitative estimate of drug-likeness (QED) is 0.500. The van der Waals surface area contributed by atoms with Gasteiger partial charge in [-0.25, -0.2) is 13.6 Å². The van der Waals surface area contributed by atoms with E-state index in [1.807, 2.05) is 55.2 Å². The van der Waals surface area contributed by atoms with Crippen LogP contribution in [0.25, 0.3) is 6.08 Å². The van der Waals surface area contributed by atoms with Crippen LogP contribution in [0.4, 0.5) is 17.2 Å². The number of rotatable bonds is 6. The molecule has 0 fully saturated rings. The monoisotopic (exact) mass is 464 g/mol. The Hall–Kier alpha value is -3.82. The molecule has 9 heteroatoms. The van der Waals surface area contributed by atoms with Crippen LogP contribution in [0, 0.1) is 0 Å². The van der Waals surface area contributed by atoms with E-state index in [4.69, 9.17) is 9.88 Å². The topological polar surface area (TPSA) is 118 Å². The van der Waals surface area contributed by atoms with Gasteiger partial charge in [0.2, 0.25) is 10.0 Å². The molecule has 0 spiro atoms. The second kappa shape index (κ2) is 8.61. The second-order valence-corrected chi connectivity index (χ2v) is 9.40. The van der Waals surface area contributed by atoms with E-state index in [1.54, 1.807) is 12.1 Å². The molecule has 1 amide bonds. The smallest absolute Gasteiger partial charge is 0.272 e. The number of amides is 1. The Balaban J connectivity index is 1.60. The number of primary sulfonamides is 1. The van der Waals surface area contributed by atoms with Gasteiger partial charge in [-0.3, -0.25) is 9.69 Å². The molecule has 1 aliphatic heterocycles. The maximum absolute atomic E-state index is 12.9. The van der Waals surface area contributed by atoms with Crippen molar-refractivity contribution in [2.24, 2.45) is 5.14 Å². The molecule has 1 aromatic heterocycles. The largest absolute Gasteiger partial charge is 0.491 e. The van der Waals surface area contributed by atoms with Crippen LogP contribution in [-0.4, -0.2) is 25.4 Å². The van der Waals surface area contributed by atoms with Gasteiger partial charge in [-0.05, 0) is 74.5 Å². The van der Waals surface area contributed by atoms with Crippen LogP contribution in [0.1, 0.15) is 29.9 Å². The van der Waals surface area contributed by atoms with E-state index in [2.05, 4.69) is 16.9 Å². The van der Waals surface area contributed by atoms with E-state index in [9.17, 15) is 13.2 Å². The Labute approximate surface area is 192 Å². The third-order valence-corrected chi connectivity index (χ3v) is 5.84. The third kappa shape index (κ3) is 4.84. The molecular formula is C24H24N4O4S. The molecule has 3 aromatic rings. The first kappa shape index (κ1) is 22.4. The summed E-state index contributed by atoms with van der Waals surface area (Å²) in [5.74, 6) is 1.04. The number of hydrogen-bond acceptors (Lipinski definition) is 5. The normalized spacial score (nSPS) is 13.2. The number of sulfonamides is 1. The zero-order valence-electron chi connectivity index (χ0n) is 18.2. The fraction of sp³-hybridized carbons (Fsp3) is 0.125. The zero-order chi connectivity index (χ0) is 23.8. The number of aromatic amines is 1. The number of H-pyrrole nitrogens is 1. The standard InChI is InChI=1S/C24H24N4O4S/c1-15(2)32-20-11-9-19(10-12-20)28-16(3)7-8-17-13-22(27-23(17)28)24(29)26-18-5-4-6-21(14-18)33(25,30)31/h4-15,27H,3H2,1-2H3,(H,26,29)(H2,25,30,31). The number of anilines is 3. The zero-order valence-corrected chi connectivity index (χ0v) is 19.0. The highest BCUT2D eigenvalue weighted by Crippen LogP contribution is 2.37. The number of fused-ring (bicyclic) bond motifs is 1. The Morgan fingerprint density at radius 3 is 2.52 bits per heavy atom. The van der Waals surface area contributed by atoms with Gasteiger partial charge in [0.15, 0.2) is 0 Å². The predicted octanol–water partition coefficient (Wildman–Crippen LogP) is 4.38. The lowest BCUT2D eigenvalue weighted by Gasteiger charge is -2.27. The van der Waals surface area contributed by atoms with Crippen molar-refractivity contribution in [1.29, 1.82) is 0 Å². The van der Waals surface area contributed by atoms with Crippen molar-refractivity contribution in [2.45, 2.75) is 24.8 Å². The fourth-order valence-electron chi connectivity index (χ4n) is 3.49. The summed E-state index contributed by atoms with van der Waals surface area (Å²) in [5, 5.41) is 7.87. The lowest BCUT2D eigenvalue weighted by molar-refractivity contribution is 0.102. The molecule has 2 aromatic carbocycles. The van der Waals surface area contributed by atoms with Crippen molar-refractivity contribution in [2.75, 3.05) is 10.2 Å². The van der Waals surface area contributed by atoms with Crippen molar-refractivity contribution in [1.82, 2.24) is 4.98 Å². The number of nitrogens with zero attached hydrogens (tertiary/aromatic N) is 1. The minimum Gasteiger partial charge on any atom is -0.491 e. The number of carbonyl (C=O) groups excluding carboxylic acids is 1. The van der Waals surface area contributed by atoms with Crippen LogP contribution in [0.15, 0.2) is 77.8 Å². The molecule has 2 heterocycles. The minimum absolute atomic E-state index is 0.0745. The summed E-state index contributed by atoms with van der Waals surface area (Å²) in [6.07, 6.45) is 3.82. The van der Waals surface area contributed by atoms with Crippen LogP contribution in [-0.2, 0) is 10.0 Å². The average Bonchev–Trinajstić information content (AvgIpc) is 3.18. The van der Waals surface area contributed by atoms with Crippen molar-refractivity contribution in [3.8, 4) is 5.75 Å². The van der Waals surface area contributed by atoms with Crippen molar-refractivity contribution < 1.29 is 17.9 Å². The minimum atomic E-state index is -3.88. The molecule has 0 saturated heterocycles. The summed E-state index contributed by atoms with van der Waals surface area (Å²) in [4.78, 5) is 17.8. The number of ether oxygens (including phenoxy) is 1. The van der Waals surface area contributed by atoms with Crippen molar-refractivity contribution in [3.63, 3.8) is 0 Å². The summed E-state index contributed by atoms with van der Waals surface area (Å²) in [6.45, 7) is 8.05. The van der Waals surface area contributed by atoms with Crippen LogP contribution in [0.3, 0.4) is 0 Å². The van der Waals surface area contributed by atoms with Gasteiger partial charge in [0, 0.05) is 22.6 Å². The number of aromatic nitrogens is 1. The van der Waals surface area contributed by atoms with Gasteiger partial charge in [-0.2, -0.15) is 0 Å². The van der Waals surface area contributed by atoms with Crippen molar-refractivity contribution in [3.05, 3.63) is 84.2 Å². The van der Waals surface area contributed by atoms with Gasteiger partial charge < -0.3 is 15.0 Å². The summed E-state index contributed by atoms with van der Waals surface area (Å²) in [6, 6.07) is 15.1. The lowest BCUT2D eigenvalue weighted by atomic mass is 10.1. The molecular weight excluding hydrogens is 440 g/mol. The first-order valence-electron chi connectivity index (χ1n) is 10.2. The third-order valence-electron chi connectivity index (χ3n) is 4.92. The lowest BCUT2D eigenvalue weighted by Crippen LogP contribution is -2.18. The summed E-state index contributed by atoms with van der Waals surface area (Å²) in [7, 11) is -3.88. The van der Waals surface area contributed by atoms with E-state index in [0.29, 0.717) is 17.2 Å². The predicted molar refractivity (Wildman–Crippen MR) is 129 cm³/mol. The Morgan fingerprint density at radius 2 is 1.85 bits per heavy atom. The number of allylic oxidation sites excluding steroid dienone is 1. The highest BCUT2D eigenvalue weighted by Gasteiger charge is 2.23. The van der Waals surface area contributed by atoms with Gasteiger partial charge in [-0.15, -0.1) is 0 Å². The molecule has 0 unspecified atom stereocenters. The maximum atomic E-state index is 12.9. The highest BCUT2D eigenvalue weighted by molar-refractivity contribution is 7.89. The molecule has 0 atom stereocenters. The Bertz CT molecular complexity index is 1360. The SMILES string of the molecule is C=C1C=Cc2cc(C(=O)Nc3cccc(S(N)(=O)=O)c3)[nH]c2N1c1ccc(OC(C)C)cc1. The number of benzene rings is 2. The summed E-state index contributed by atoms with van der Waals surface area (Å²) >= 11 is 0. The summed E-state index contributed by atoms with van der Waals surface area (Å²) in [5.41, 5.74) is 3.03. The molecule has 0 aliphatic carbocycles. The van der Waals surface area contributed by atoms with E-state index in [0.717, 1.165) is 22.7 Å². The van der Waals surface area contributed by atoms with E-state index >= 15 is 0 Å². The molecule has 1 aliphatic rings. The Kier molecular flexibility index (Phi) is 5.84. The first-order valence-corrected chi connectivity index (χ1v) is 11.8. The van der Waals surface area contributed by atoms with E-state index < -0.39 is 15.9 Å².